The van der Waals surface area contributed by atoms with E-state index in [1.54, 1.807) is 6.26 Å². The first-order valence-corrected chi connectivity index (χ1v) is 9.28. The van der Waals surface area contributed by atoms with E-state index in [0.29, 0.717) is 0 Å². The summed E-state index contributed by atoms with van der Waals surface area (Å²) in [4.78, 5) is 0. The number of fused-ring (bicyclic) bond motifs is 1. The van der Waals surface area contributed by atoms with Gasteiger partial charge >= 0.3 is 0 Å². The monoisotopic (exact) mass is 262 g/mol. The Morgan fingerprint density at radius 3 is 2.44 bits per heavy atom. The molecule has 0 bridgehead atoms. The zero-order valence-corrected chi connectivity index (χ0v) is 13.1. The van der Waals surface area contributed by atoms with Crippen LogP contribution in [0.1, 0.15) is 26.3 Å². The van der Waals surface area contributed by atoms with Gasteiger partial charge in [-0.2, -0.15) is 0 Å². The molecule has 2 nitrogen and oxygen atoms in total. The lowest BCUT2D eigenvalue weighted by molar-refractivity contribution is 0.492. The molecule has 3 heteroatoms. The van der Waals surface area contributed by atoms with E-state index >= 15 is 0 Å². The van der Waals surface area contributed by atoms with Crippen molar-refractivity contribution in [2.75, 3.05) is 0 Å². The average Bonchev–Trinajstić information content (AvgIpc) is 2.63. The Balaban J connectivity index is 2.38. The molecule has 0 radical (unpaired) electrons. The summed E-state index contributed by atoms with van der Waals surface area (Å²) < 4.78 is 11.8. The van der Waals surface area contributed by atoms with Crippen molar-refractivity contribution in [1.82, 2.24) is 0 Å². The first kappa shape index (κ1) is 13.2. The highest BCUT2D eigenvalue weighted by molar-refractivity contribution is 6.74. The summed E-state index contributed by atoms with van der Waals surface area (Å²) >= 11 is 0. The van der Waals surface area contributed by atoms with Crippen LogP contribution in [0, 0.1) is 6.92 Å². The SMILES string of the molecule is Cc1cc(O[Si](C)(C)C(C)(C)C)cc2ccoc12. The van der Waals surface area contributed by atoms with Gasteiger partial charge < -0.3 is 8.84 Å². The highest BCUT2D eigenvalue weighted by Gasteiger charge is 2.39. The van der Waals surface area contributed by atoms with E-state index in [1.165, 1.54) is 0 Å². The molecule has 0 atom stereocenters. The van der Waals surface area contributed by atoms with Crippen molar-refractivity contribution < 1.29 is 8.84 Å². The molecule has 0 amide bonds. The van der Waals surface area contributed by atoms with Gasteiger partial charge in [0.2, 0.25) is 8.32 Å². The molecule has 1 aromatic heterocycles. The average molecular weight is 262 g/mol. The van der Waals surface area contributed by atoms with Crippen molar-refractivity contribution in [2.45, 2.75) is 45.8 Å². The molecular weight excluding hydrogens is 240 g/mol. The smallest absolute Gasteiger partial charge is 0.250 e. The summed E-state index contributed by atoms with van der Waals surface area (Å²) in [5.41, 5.74) is 2.09. The van der Waals surface area contributed by atoms with Crippen molar-refractivity contribution in [1.29, 1.82) is 0 Å². The van der Waals surface area contributed by atoms with E-state index in [2.05, 4.69) is 52.9 Å². The molecule has 0 saturated heterocycles. The summed E-state index contributed by atoms with van der Waals surface area (Å²) in [6.45, 7) is 13.3. The van der Waals surface area contributed by atoms with Crippen LogP contribution in [-0.2, 0) is 0 Å². The van der Waals surface area contributed by atoms with E-state index in [0.717, 1.165) is 22.3 Å². The standard InChI is InChI=1S/C15H22O2Si/c1-11-9-13(10-12-7-8-16-14(11)12)17-18(5,6)15(2,3)4/h7-10H,1-6H3. The Hall–Kier alpha value is -1.22. The van der Waals surface area contributed by atoms with E-state index in [9.17, 15) is 0 Å². The summed E-state index contributed by atoms with van der Waals surface area (Å²) in [6.07, 6.45) is 1.73. The fourth-order valence-corrected chi connectivity index (χ4v) is 2.75. The largest absolute Gasteiger partial charge is 0.543 e. The summed E-state index contributed by atoms with van der Waals surface area (Å²) in [5, 5.41) is 1.33. The van der Waals surface area contributed by atoms with Gasteiger partial charge in [0.15, 0.2) is 0 Å². The van der Waals surface area contributed by atoms with Gasteiger partial charge in [-0.25, -0.2) is 0 Å². The van der Waals surface area contributed by atoms with E-state index in [-0.39, 0.29) is 5.04 Å². The minimum Gasteiger partial charge on any atom is -0.543 e. The fourth-order valence-electron chi connectivity index (χ4n) is 1.73. The van der Waals surface area contributed by atoms with Gasteiger partial charge in [0.1, 0.15) is 11.3 Å². The number of furan rings is 1. The molecule has 0 unspecified atom stereocenters. The van der Waals surface area contributed by atoms with Crippen molar-refractivity contribution in [3.8, 4) is 5.75 Å². The molecule has 1 heterocycles. The first-order chi connectivity index (χ1) is 8.21. The summed E-state index contributed by atoms with van der Waals surface area (Å²) in [5.74, 6) is 0.966. The minimum atomic E-state index is -1.77. The maximum Gasteiger partial charge on any atom is 0.250 e. The molecule has 0 aliphatic carbocycles. The third-order valence-electron chi connectivity index (χ3n) is 3.89. The second-order valence-electron chi connectivity index (χ2n) is 6.44. The van der Waals surface area contributed by atoms with Gasteiger partial charge in [0.25, 0.3) is 0 Å². The van der Waals surface area contributed by atoms with E-state index in [1.807, 2.05) is 6.07 Å². The van der Waals surface area contributed by atoms with Crippen LogP contribution >= 0.6 is 0 Å². The zero-order chi connectivity index (χ0) is 13.6. The molecule has 2 aromatic rings. The fraction of sp³-hybridized carbons (Fsp3) is 0.467. The third-order valence-corrected chi connectivity index (χ3v) is 8.25. The van der Waals surface area contributed by atoms with Crippen LogP contribution in [0.3, 0.4) is 0 Å². The van der Waals surface area contributed by atoms with Crippen LogP contribution in [0.4, 0.5) is 0 Å². The zero-order valence-electron chi connectivity index (χ0n) is 12.1. The molecule has 98 valence electrons. The van der Waals surface area contributed by atoms with Crippen LogP contribution < -0.4 is 4.43 Å². The maximum atomic E-state index is 6.32. The van der Waals surface area contributed by atoms with Gasteiger partial charge in [-0.05, 0) is 48.8 Å². The maximum absolute atomic E-state index is 6.32. The Kier molecular flexibility index (Phi) is 3.05. The minimum absolute atomic E-state index is 0.215. The lowest BCUT2D eigenvalue weighted by atomic mass is 10.2. The third kappa shape index (κ3) is 2.32. The lowest BCUT2D eigenvalue weighted by Crippen LogP contribution is -2.43. The van der Waals surface area contributed by atoms with Crippen molar-refractivity contribution in [3.05, 3.63) is 30.0 Å². The molecule has 2 rings (SSSR count). The second-order valence-corrected chi connectivity index (χ2v) is 11.2. The molecule has 0 spiro atoms. The van der Waals surface area contributed by atoms with Gasteiger partial charge in [0.05, 0.1) is 6.26 Å². The lowest BCUT2D eigenvalue weighted by Gasteiger charge is -2.36. The Morgan fingerprint density at radius 2 is 1.83 bits per heavy atom. The molecule has 0 fully saturated rings. The van der Waals surface area contributed by atoms with Crippen molar-refractivity contribution in [3.63, 3.8) is 0 Å². The van der Waals surface area contributed by atoms with Gasteiger partial charge in [-0.1, -0.05) is 20.8 Å². The molecule has 0 aliphatic heterocycles. The summed E-state index contributed by atoms with van der Waals surface area (Å²) in [6, 6.07) is 6.14. The predicted octanol–water partition coefficient (Wildman–Crippen LogP) is 5.13. The van der Waals surface area contributed by atoms with Crippen LogP contribution in [0.15, 0.2) is 28.9 Å². The van der Waals surface area contributed by atoms with Gasteiger partial charge in [0, 0.05) is 5.39 Å². The molecule has 1 aromatic carbocycles. The number of aryl methyl sites for hydroxylation is 1. The van der Waals surface area contributed by atoms with Crippen LogP contribution in [0.25, 0.3) is 11.0 Å². The van der Waals surface area contributed by atoms with E-state index in [4.69, 9.17) is 8.84 Å². The highest BCUT2D eigenvalue weighted by atomic mass is 28.4. The van der Waals surface area contributed by atoms with Gasteiger partial charge in [-0.3, -0.25) is 0 Å². The Labute approximate surface area is 110 Å². The molecule has 0 saturated carbocycles. The first-order valence-electron chi connectivity index (χ1n) is 6.37. The van der Waals surface area contributed by atoms with Crippen LogP contribution in [0.5, 0.6) is 5.75 Å². The predicted molar refractivity (Wildman–Crippen MR) is 78.8 cm³/mol. The highest BCUT2D eigenvalue weighted by Crippen LogP contribution is 2.38. The Bertz CT molecular complexity index is 561. The Morgan fingerprint density at radius 1 is 1.17 bits per heavy atom. The number of hydrogen-bond donors (Lipinski definition) is 0. The number of hydrogen-bond acceptors (Lipinski definition) is 2. The number of rotatable bonds is 2. The molecule has 0 N–H and O–H groups in total. The second kappa shape index (κ2) is 4.16. The summed E-state index contributed by atoms with van der Waals surface area (Å²) in [7, 11) is -1.77. The van der Waals surface area contributed by atoms with E-state index < -0.39 is 8.32 Å². The van der Waals surface area contributed by atoms with Crippen molar-refractivity contribution in [2.24, 2.45) is 0 Å². The van der Waals surface area contributed by atoms with Crippen LogP contribution in [0.2, 0.25) is 18.1 Å². The molecule has 18 heavy (non-hydrogen) atoms. The van der Waals surface area contributed by atoms with Gasteiger partial charge in [-0.15, -0.1) is 0 Å². The number of benzene rings is 1. The van der Waals surface area contributed by atoms with Crippen molar-refractivity contribution >= 4 is 19.3 Å². The quantitative estimate of drug-likeness (QED) is 0.700. The normalized spacial score (nSPS) is 13.0. The molecular formula is C15H22O2Si. The van der Waals surface area contributed by atoms with Crippen LogP contribution in [-0.4, -0.2) is 8.32 Å². The topological polar surface area (TPSA) is 22.4 Å². The molecule has 0 aliphatic rings.